The molecule has 4 rings (SSSR count). The van der Waals surface area contributed by atoms with E-state index < -0.39 is 5.97 Å². The van der Waals surface area contributed by atoms with Gasteiger partial charge in [0.15, 0.2) is 0 Å². The van der Waals surface area contributed by atoms with Crippen LogP contribution < -0.4 is 4.74 Å². The van der Waals surface area contributed by atoms with E-state index in [0.717, 1.165) is 44.3 Å². The van der Waals surface area contributed by atoms with E-state index in [-0.39, 0.29) is 17.4 Å². The average Bonchev–Trinajstić information content (AvgIpc) is 3.34. The van der Waals surface area contributed by atoms with Crippen LogP contribution in [0.1, 0.15) is 33.5 Å². The Labute approximate surface area is 164 Å². The van der Waals surface area contributed by atoms with Crippen LogP contribution in [-0.2, 0) is 24.1 Å². The highest BCUT2D eigenvalue weighted by Crippen LogP contribution is 2.31. The summed E-state index contributed by atoms with van der Waals surface area (Å²) in [6.45, 7) is 1.50. The van der Waals surface area contributed by atoms with E-state index in [1.54, 1.807) is 25.3 Å². The number of benzene rings is 2. The highest BCUT2D eigenvalue weighted by atomic mass is 16.5. The summed E-state index contributed by atoms with van der Waals surface area (Å²) in [7, 11) is 1.60. The van der Waals surface area contributed by atoms with Gasteiger partial charge in [-0.25, -0.2) is 4.79 Å². The molecule has 5 nitrogen and oxygen atoms in total. The Balaban J connectivity index is 1.40. The normalized spacial score (nSPS) is 18.9. The molecule has 1 heterocycles. The molecule has 1 unspecified atom stereocenters. The van der Waals surface area contributed by atoms with Gasteiger partial charge in [-0.05, 0) is 66.5 Å². The van der Waals surface area contributed by atoms with Gasteiger partial charge in [0, 0.05) is 19.0 Å². The standard InChI is InChI=1S/C23H25NO4/c1-28-21-7-6-18(23(26)27)13-19(21)10-15-8-9-24(14-15)22(25)20-11-16-4-2-3-5-17(16)12-20/h2-7,13,15,20H,8-12,14H2,1H3,(H,26,27). The molecule has 1 N–H and O–H groups in total. The minimum absolute atomic E-state index is 0.0565. The topological polar surface area (TPSA) is 66.8 Å². The molecule has 0 saturated carbocycles. The van der Waals surface area contributed by atoms with Crippen LogP contribution in [-0.4, -0.2) is 42.1 Å². The summed E-state index contributed by atoms with van der Waals surface area (Å²) in [5.41, 5.74) is 3.76. The zero-order chi connectivity index (χ0) is 19.7. The molecular weight excluding hydrogens is 354 g/mol. The van der Waals surface area contributed by atoms with E-state index in [1.807, 2.05) is 17.0 Å². The SMILES string of the molecule is COc1ccc(C(=O)O)cc1CC1CCN(C(=O)C2Cc3ccccc3C2)C1. The van der Waals surface area contributed by atoms with Gasteiger partial charge >= 0.3 is 5.97 Å². The first kappa shape index (κ1) is 18.5. The molecule has 2 aromatic rings. The van der Waals surface area contributed by atoms with Crippen LogP contribution >= 0.6 is 0 Å². The summed E-state index contributed by atoms with van der Waals surface area (Å²) >= 11 is 0. The van der Waals surface area contributed by atoms with Crippen molar-refractivity contribution in [3.63, 3.8) is 0 Å². The lowest BCUT2D eigenvalue weighted by Gasteiger charge is -2.21. The lowest BCUT2D eigenvalue weighted by Crippen LogP contribution is -2.35. The molecule has 1 aliphatic heterocycles. The minimum Gasteiger partial charge on any atom is -0.496 e. The fraction of sp³-hybridized carbons (Fsp3) is 0.391. The molecule has 0 bridgehead atoms. The second-order valence-electron chi connectivity index (χ2n) is 7.85. The quantitative estimate of drug-likeness (QED) is 0.866. The van der Waals surface area contributed by atoms with E-state index in [4.69, 9.17) is 4.74 Å². The number of aromatic carboxylic acids is 1. The van der Waals surface area contributed by atoms with Crippen molar-refractivity contribution in [1.29, 1.82) is 0 Å². The lowest BCUT2D eigenvalue weighted by molar-refractivity contribution is -0.134. The van der Waals surface area contributed by atoms with Crippen LogP contribution in [0.4, 0.5) is 0 Å². The van der Waals surface area contributed by atoms with Gasteiger partial charge < -0.3 is 14.7 Å². The van der Waals surface area contributed by atoms with Crippen LogP contribution in [0.3, 0.4) is 0 Å². The van der Waals surface area contributed by atoms with Crippen molar-refractivity contribution in [3.8, 4) is 5.75 Å². The number of likely N-dealkylation sites (tertiary alicyclic amines) is 1. The predicted octanol–water partition coefficient (Wildman–Crippen LogP) is 3.20. The molecule has 0 radical (unpaired) electrons. The van der Waals surface area contributed by atoms with Gasteiger partial charge in [0.05, 0.1) is 12.7 Å². The largest absolute Gasteiger partial charge is 0.496 e. The second kappa shape index (κ2) is 7.66. The molecule has 0 spiro atoms. The number of nitrogens with zero attached hydrogens (tertiary/aromatic N) is 1. The third-order valence-corrected chi connectivity index (χ3v) is 6.03. The Morgan fingerprint density at radius 1 is 1.14 bits per heavy atom. The molecule has 1 aliphatic carbocycles. The van der Waals surface area contributed by atoms with Crippen molar-refractivity contribution in [1.82, 2.24) is 4.90 Å². The second-order valence-corrected chi connectivity index (χ2v) is 7.85. The highest BCUT2D eigenvalue weighted by Gasteiger charge is 2.34. The van der Waals surface area contributed by atoms with Crippen LogP contribution in [0.15, 0.2) is 42.5 Å². The number of carbonyl (C=O) groups is 2. The number of ether oxygens (including phenoxy) is 1. The third-order valence-electron chi connectivity index (χ3n) is 6.03. The summed E-state index contributed by atoms with van der Waals surface area (Å²) in [6.07, 6.45) is 3.33. The zero-order valence-electron chi connectivity index (χ0n) is 16.1. The first-order valence-corrected chi connectivity index (χ1v) is 9.81. The van der Waals surface area contributed by atoms with Crippen LogP contribution in [0.25, 0.3) is 0 Å². The van der Waals surface area contributed by atoms with Gasteiger partial charge in [0.25, 0.3) is 0 Å². The number of carboxylic acid groups (broad SMARTS) is 1. The number of hydrogen-bond acceptors (Lipinski definition) is 3. The monoisotopic (exact) mass is 379 g/mol. The lowest BCUT2D eigenvalue weighted by atomic mass is 9.96. The predicted molar refractivity (Wildman–Crippen MR) is 106 cm³/mol. The summed E-state index contributed by atoms with van der Waals surface area (Å²) in [6, 6.07) is 13.3. The Kier molecular flexibility index (Phi) is 5.07. The third kappa shape index (κ3) is 3.61. The Hall–Kier alpha value is -2.82. The number of fused-ring (bicyclic) bond motifs is 1. The summed E-state index contributed by atoms with van der Waals surface area (Å²) in [5, 5.41) is 9.25. The fourth-order valence-electron chi connectivity index (χ4n) is 4.57. The smallest absolute Gasteiger partial charge is 0.335 e. The molecule has 1 saturated heterocycles. The Morgan fingerprint density at radius 2 is 1.86 bits per heavy atom. The van der Waals surface area contributed by atoms with Crippen LogP contribution in [0, 0.1) is 11.8 Å². The van der Waals surface area contributed by atoms with Gasteiger partial charge in [-0.3, -0.25) is 4.79 Å². The van der Waals surface area contributed by atoms with E-state index in [2.05, 4.69) is 12.1 Å². The fourth-order valence-corrected chi connectivity index (χ4v) is 4.57. The first-order chi connectivity index (χ1) is 13.5. The molecule has 2 aromatic carbocycles. The molecule has 1 amide bonds. The minimum atomic E-state index is -0.937. The maximum atomic E-state index is 13.0. The molecule has 1 fully saturated rings. The molecule has 28 heavy (non-hydrogen) atoms. The summed E-state index contributed by atoms with van der Waals surface area (Å²) in [4.78, 5) is 26.3. The van der Waals surface area contributed by atoms with Crippen molar-refractivity contribution in [2.75, 3.05) is 20.2 Å². The molecule has 146 valence electrons. The van der Waals surface area contributed by atoms with Crippen molar-refractivity contribution in [2.45, 2.75) is 25.7 Å². The van der Waals surface area contributed by atoms with E-state index in [9.17, 15) is 14.7 Å². The molecule has 2 aliphatic rings. The Bertz CT molecular complexity index is 882. The first-order valence-electron chi connectivity index (χ1n) is 9.81. The van der Waals surface area contributed by atoms with Crippen LogP contribution in [0.2, 0.25) is 0 Å². The number of carbonyl (C=O) groups excluding carboxylic acids is 1. The van der Waals surface area contributed by atoms with Gasteiger partial charge in [-0.2, -0.15) is 0 Å². The number of carboxylic acids is 1. The average molecular weight is 379 g/mol. The molecular formula is C23H25NO4. The van der Waals surface area contributed by atoms with Crippen molar-refractivity contribution >= 4 is 11.9 Å². The number of amides is 1. The van der Waals surface area contributed by atoms with Crippen molar-refractivity contribution in [2.24, 2.45) is 11.8 Å². The molecule has 1 atom stereocenters. The van der Waals surface area contributed by atoms with Crippen LogP contribution in [0.5, 0.6) is 5.75 Å². The summed E-state index contributed by atoms with van der Waals surface area (Å²) < 4.78 is 5.41. The number of rotatable bonds is 5. The number of hydrogen-bond donors (Lipinski definition) is 1. The van der Waals surface area contributed by atoms with E-state index in [0.29, 0.717) is 11.7 Å². The van der Waals surface area contributed by atoms with Crippen molar-refractivity contribution in [3.05, 3.63) is 64.7 Å². The van der Waals surface area contributed by atoms with Gasteiger partial charge in [-0.15, -0.1) is 0 Å². The Morgan fingerprint density at radius 3 is 2.50 bits per heavy atom. The van der Waals surface area contributed by atoms with Crippen molar-refractivity contribution < 1.29 is 19.4 Å². The van der Waals surface area contributed by atoms with Gasteiger partial charge in [-0.1, -0.05) is 24.3 Å². The summed E-state index contributed by atoms with van der Waals surface area (Å²) in [5.74, 6) is 0.408. The molecule has 0 aromatic heterocycles. The van der Waals surface area contributed by atoms with Gasteiger partial charge in [0.1, 0.15) is 5.75 Å². The van der Waals surface area contributed by atoms with E-state index >= 15 is 0 Å². The maximum Gasteiger partial charge on any atom is 0.335 e. The highest BCUT2D eigenvalue weighted by molar-refractivity contribution is 5.88. The maximum absolute atomic E-state index is 13.0. The number of methoxy groups -OCH3 is 1. The van der Waals surface area contributed by atoms with Gasteiger partial charge in [0.2, 0.25) is 5.91 Å². The van der Waals surface area contributed by atoms with E-state index in [1.165, 1.54) is 11.1 Å². The molecule has 5 heteroatoms. The zero-order valence-corrected chi connectivity index (χ0v) is 16.1.